The summed E-state index contributed by atoms with van der Waals surface area (Å²) in [5.41, 5.74) is 0.828. The van der Waals surface area contributed by atoms with Crippen molar-refractivity contribution < 1.29 is 14.6 Å². The van der Waals surface area contributed by atoms with E-state index in [1.54, 1.807) is 11.8 Å². The molecule has 2 aromatic rings. The lowest BCUT2D eigenvalue weighted by molar-refractivity contribution is -0.138. The standard InChI is InChI=1S/C16H14O3S/c1-2-11(16(17)18)10-7-8-13-15(9-10)20-14-6-4-3-5-12(14)19-13/h3-9,11H,2H2,1H3,(H,17,18). The van der Waals surface area contributed by atoms with Gasteiger partial charge < -0.3 is 9.84 Å². The van der Waals surface area contributed by atoms with Gasteiger partial charge in [0.2, 0.25) is 0 Å². The minimum absolute atomic E-state index is 0.460. The zero-order valence-electron chi connectivity index (χ0n) is 11.0. The van der Waals surface area contributed by atoms with Gasteiger partial charge in [0, 0.05) is 0 Å². The quantitative estimate of drug-likeness (QED) is 0.769. The number of aliphatic carboxylic acids is 1. The first-order valence-corrected chi connectivity index (χ1v) is 7.32. The van der Waals surface area contributed by atoms with Crippen LogP contribution in [0.1, 0.15) is 24.8 Å². The summed E-state index contributed by atoms with van der Waals surface area (Å²) in [5, 5.41) is 9.25. The number of fused-ring (bicyclic) bond motifs is 2. The van der Waals surface area contributed by atoms with Crippen LogP contribution in [0.3, 0.4) is 0 Å². The molecule has 1 aliphatic heterocycles. The molecule has 1 atom stereocenters. The number of rotatable bonds is 3. The Kier molecular flexibility index (Phi) is 3.40. The molecule has 3 rings (SSSR count). The summed E-state index contributed by atoms with van der Waals surface area (Å²) >= 11 is 1.62. The van der Waals surface area contributed by atoms with E-state index in [2.05, 4.69) is 0 Å². The molecule has 20 heavy (non-hydrogen) atoms. The molecule has 0 radical (unpaired) electrons. The van der Waals surface area contributed by atoms with Gasteiger partial charge in [-0.2, -0.15) is 0 Å². The summed E-state index contributed by atoms with van der Waals surface area (Å²) < 4.78 is 5.84. The number of ether oxygens (including phenoxy) is 1. The van der Waals surface area contributed by atoms with Crippen molar-refractivity contribution in [3.05, 3.63) is 48.0 Å². The summed E-state index contributed by atoms with van der Waals surface area (Å²) in [6.07, 6.45) is 0.580. The number of hydrogen-bond acceptors (Lipinski definition) is 3. The van der Waals surface area contributed by atoms with Crippen LogP contribution in [0.25, 0.3) is 0 Å². The average molecular weight is 286 g/mol. The summed E-state index contributed by atoms with van der Waals surface area (Å²) in [6, 6.07) is 13.5. The molecular weight excluding hydrogens is 272 g/mol. The van der Waals surface area contributed by atoms with E-state index < -0.39 is 11.9 Å². The maximum absolute atomic E-state index is 11.3. The van der Waals surface area contributed by atoms with Crippen molar-refractivity contribution in [2.45, 2.75) is 29.1 Å². The van der Waals surface area contributed by atoms with Gasteiger partial charge in [0.25, 0.3) is 0 Å². The fraction of sp³-hybridized carbons (Fsp3) is 0.188. The summed E-state index contributed by atoms with van der Waals surface area (Å²) in [4.78, 5) is 13.3. The minimum atomic E-state index is -0.783. The summed E-state index contributed by atoms with van der Waals surface area (Å²) in [5.74, 6) is 0.397. The molecule has 0 aliphatic carbocycles. The Hall–Kier alpha value is -1.94. The molecule has 0 aromatic heterocycles. The second kappa shape index (κ2) is 5.21. The first-order valence-electron chi connectivity index (χ1n) is 6.50. The van der Waals surface area contributed by atoms with E-state index in [0.717, 1.165) is 26.9 Å². The Labute approximate surface area is 121 Å². The van der Waals surface area contributed by atoms with Gasteiger partial charge in [-0.3, -0.25) is 4.79 Å². The van der Waals surface area contributed by atoms with Gasteiger partial charge in [-0.1, -0.05) is 36.9 Å². The van der Waals surface area contributed by atoms with Crippen LogP contribution < -0.4 is 4.74 Å². The highest BCUT2D eigenvalue weighted by Gasteiger charge is 2.22. The highest BCUT2D eigenvalue weighted by molar-refractivity contribution is 7.99. The largest absolute Gasteiger partial charge is 0.481 e. The van der Waals surface area contributed by atoms with Gasteiger partial charge in [0.15, 0.2) is 0 Å². The third-order valence-electron chi connectivity index (χ3n) is 3.37. The fourth-order valence-corrected chi connectivity index (χ4v) is 3.31. The molecule has 0 amide bonds. The normalized spacial score (nSPS) is 13.8. The van der Waals surface area contributed by atoms with Crippen LogP contribution in [0.4, 0.5) is 0 Å². The van der Waals surface area contributed by atoms with Crippen LogP contribution in [0.2, 0.25) is 0 Å². The molecule has 1 aliphatic rings. The number of hydrogen-bond donors (Lipinski definition) is 1. The third kappa shape index (κ3) is 2.27. The molecular formula is C16H14O3S. The average Bonchev–Trinajstić information content (AvgIpc) is 2.45. The molecule has 1 N–H and O–H groups in total. The van der Waals surface area contributed by atoms with Crippen LogP contribution >= 0.6 is 11.8 Å². The Balaban J connectivity index is 1.97. The predicted octanol–water partition coefficient (Wildman–Crippen LogP) is 4.52. The van der Waals surface area contributed by atoms with Gasteiger partial charge in [-0.05, 0) is 36.2 Å². The molecule has 0 saturated carbocycles. The van der Waals surface area contributed by atoms with Crippen LogP contribution in [0.15, 0.2) is 52.3 Å². The van der Waals surface area contributed by atoms with E-state index in [1.807, 2.05) is 49.4 Å². The number of para-hydroxylation sites is 1. The van der Waals surface area contributed by atoms with Crippen LogP contribution in [-0.2, 0) is 4.79 Å². The zero-order chi connectivity index (χ0) is 14.1. The van der Waals surface area contributed by atoms with Gasteiger partial charge in [0.1, 0.15) is 11.5 Å². The van der Waals surface area contributed by atoms with E-state index in [-0.39, 0.29) is 0 Å². The number of benzene rings is 2. The van der Waals surface area contributed by atoms with Gasteiger partial charge in [-0.25, -0.2) is 0 Å². The molecule has 0 fully saturated rings. The van der Waals surface area contributed by atoms with Crippen LogP contribution in [0.5, 0.6) is 11.5 Å². The third-order valence-corrected chi connectivity index (χ3v) is 4.46. The molecule has 2 aromatic carbocycles. The van der Waals surface area contributed by atoms with Gasteiger partial charge in [0.05, 0.1) is 15.7 Å². The highest BCUT2D eigenvalue weighted by atomic mass is 32.2. The Bertz CT molecular complexity index is 667. The lowest BCUT2D eigenvalue weighted by atomic mass is 9.97. The smallest absolute Gasteiger partial charge is 0.310 e. The second-order valence-corrected chi connectivity index (χ2v) is 5.74. The second-order valence-electron chi connectivity index (χ2n) is 4.66. The lowest BCUT2D eigenvalue weighted by Crippen LogP contribution is -2.10. The van der Waals surface area contributed by atoms with E-state index in [1.165, 1.54) is 0 Å². The topological polar surface area (TPSA) is 46.5 Å². The fourth-order valence-electron chi connectivity index (χ4n) is 2.31. The van der Waals surface area contributed by atoms with Gasteiger partial charge >= 0.3 is 5.97 Å². The van der Waals surface area contributed by atoms with Crippen molar-refractivity contribution >= 4 is 17.7 Å². The molecule has 0 spiro atoms. The number of carboxylic acid groups (broad SMARTS) is 1. The zero-order valence-corrected chi connectivity index (χ0v) is 11.8. The van der Waals surface area contributed by atoms with Crippen molar-refractivity contribution in [2.75, 3.05) is 0 Å². The highest BCUT2D eigenvalue weighted by Crippen LogP contribution is 2.47. The summed E-state index contributed by atoms with van der Waals surface area (Å²) in [7, 11) is 0. The summed E-state index contributed by atoms with van der Waals surface area (Å²) in [6.45, 7) is 1.89. The molecule has 0 bridgehead atoms. The first-order chi connectivity index (χ1) is 9.69. The van der Waals surface area contributed by atoms with E-state index in [4.69, 9.17) is 4.74 Å². The maximum atomic E-state index is 11.3. The molecule has 0 saturated heterocycles. The van der Waals surface area contributed by atoms with Crippen LogP contribution in [-0.4, -0.2) is 11.1 Å². The van der Waals surface area contributed by atoms with Crippen molar-refractivity contribution in [3.63, 3.8) is 0 Å². The van der Waals surface area contributed by atoms with Crippen molar-refractivity contribution in [1.29, 1.82) is 0 Å². The Morgan fingerprint density at radius 3 is 2.70 bits per heavy atom. The maximum Gasteiger partial charge on any atom is 0.310 e. The lowest BCUT2D eigenvalue weighted by Gasteiger charge is -2.21. The van der Waals surface area contributed by atoms with E-state index >= 15 is 0 Å². The first kappa shape index (κ1) is 13.1. The van der Waals surface area contributed by atoms with E-state index in [0.29, 0.717) is 6.42 Å². The van der Waals surface area contributed by atoms with Crippen molar-refractivity contribution in [1.82, 2.24) is 0 Å². The SMILES string of the molecule is CCC(C(=O)O)c1ccc2c(c1)Sc1ccccc1O2. The molecule has 1 unspecified atom stereocenters. The predicted molar refractivity (Wildman–Crippen MR) is 77.7 cm³/mol. The molecule has 102 valence electrons. The minimum Gasteiger partial charge on any atom is -0.481 e. The Morgan fingerprint density at radius 2 is 1.95 bits per heavy atom. The van der Waals surface area contributed by atoms with Crippen molar-refractivity contribution in [3.8, 4) is 11.5 Å². The van der Waals surface area contributed by atoms with Gasteiger partial charge in [-0.15, -0.1) is 0 Å². The van der Waals surface area contributed by atoms with Crippen LogP contribution in [0, 0.1) is 0 Å². The molecule has 3 nitrogen and oxygen atoms in total. The number of carboxylic acids is 1. The van der Waals surface area contributed by atoms with E-state index in [9.17, 15) is 9.90 Å². The molecule has 4 heteroatoms. The Morgan fingerprint density at radius 1 is 1.20 bits per heavy atom. The molecule has 1 heterocycles. The van der Waals surface area contributed by atoms with Crippen molar-refractivity contribution in [2.24, 2.45) is 0 Å². The number of carbonyl (C=O) groups is 1. The monoisotopic (exact) mass is 286 g/mol.